The Labute approximate surface area is 215 Å². The number of primary sulfonamides is 1. The Morgan fingerprint density at radius 3 is 2.22 bits per heavy atom. The standard InChI is InChI=1S/C27H26N6O3S/c28-26(29)21-9-6-10-23(17-21)33(18-19-7-2-1-3-8-19)32-27(34)31-22-15-13-20(14-16-22)24-11-4-5-12-25(24)37(30,35)36/h1-17H,18H2,(H3,28,29)(H2,30,35,36)(H2,31,32,34). The van der Waals surface area contributed by atoms with Gasteiger partial charge in [-0.15, -0.1) is 0 Å². The highest BCUT2D eigenvalue weighted by molar-refractivity contribution is 7.89. The number of urea groups is 1. The van der Waals surface area contributed by atoms with Crippen molar-refractivity contribution in [1.29, 1.82) is 5.41 Å². The van der Waals surface area contributed by atoms with Gasteiger partial charge in [-0.25, -0.2) is 23.8 Å². The molecule has 4 aromatic carbocycles. The fraction of sp³-hybridized carbons (Fsp3) is 0.0370. The quantitative estimate of drug-likeness (QED) is 0.136. The third-order valence-corrected chi connectivity index (χ3v) is 6.51. The number of nitrogens with one attached hydrogen (secondary N) is 3. The fourth-order valence-electron chi connectivity index (χ4n) is 3.77. The van der Waals surface area contributed by atoms with Crippen LogP contribution in [0.4, 0.5) is 16.2 Å². The van der Waals surface area contributed by atoms with Gasteiger partial charge >= 0.3 is 6.03 Å². The Balaban J connectivity index is 1.53. The molecular weight excluding hydrogens is 488 g/mol. The summed E-state index contributed by atoms with van der Waals surface area (Å²) in [5.41, 5.74) is 12.3. The van der Waals surface area contributed by atoms with E-state index in [0.29, 0.717) is 34.6 Å². The van der Waals surface area contributed by atoms with E-state index in [1.54, 1.807) is 65.7 Å². The number of benzene rings is 4. The number of amides is 2. The summed E-state index contributed by atoms with van der Waals surface area (Å²) in [7, 11) is -3.89. The molecule has 0 aliphatic carbocycles. The molecule has 0 radical (unpaired) electrons. The van der Waals surface area contributed by atoms with Gasteiger partial charge in [-0.05, 0) is 41.5 Å². The van der Waals surface area contributed by atoms with E-state index >= 15 is 0 Å². The van der Waals surface area contributed by atoms with Crippen molar-refractivity contribution in [3.63, 3.8) is 0 Å². The zero-order chi connectivity index (χ0) is 26.4. The number of hydrogen-bond donors (Lipinski definition) is 5. The van der Waals surface area contributed by atoms with Gasteiger partial charge in [-0.2, -0.15) is 0 Å². The van der Waals surface area contributed by atoms with Gasteiger partial charge in [0, 0.05) is 16.8 Å². The topological polar surface area (TPSA) is 154 Å². The predicted molar refractivity (Wildman–Crippen MR) is 145 cm³/mol. The van der Waals surface area contributed by atoms with Crippen molar-refractivity contribution in [3.05, 3.63) is 114 Å². The third-order valence-electron chi connectivity index (χ3n) is 5.54. The van der Waals surface area contributed by atoms with Crippen molar-refractivity contribution in [2.24, 2.45) is 10.9 Å². The maximum Gasteiger partial charge on any atom is 0.338 e. The van der Waals surface area contributed by atoms with Crippen LogP contribution >= 0.6 is 0 Å². The van der Waals surface area contributed by atoms with E-state index in [4.69, 9.17) is 16.3 Å². The van der Waals surface area contributed by atoms with Crippen molar-refractivity contribution in [3.8, 4) is 11.1 Å². The number of carbonyl (C=O) groups excluding carboxylic acids is 1. The molecule has 0 aliphatic rings. The highest BCUT2D eigenvalue weighted by Crippen LogP contribution is 2.27. The lowest BCUT2D eigenvalue weighted by Gasteiger charge is -2.26. The summed E-state index contributed by atoms with van der Waals surface area (Å²) in [4.78, 5) is 12.9. The average molecular weight is 515 g/mol. The lowest BCUT2D eigenvalue weighted by atomic mass is 10.1. The minimum absolute atomic E-state index is 0.0257. The van der Waals surface area contributed by atoms with Gasteiger partial charge in [0.05, 0.1) is 17.1 Å². The van der Waals surface area contributed by atoms with Gasteiger partial charge in [0.1, 0.15) is 5.84 Å². The van der Waals surface area contributed by atoms with Gasteiger partial charge in [-0.3, -0.25) is 10.4 Å². The molecule has 0 bridgehead atoms. The number of amidine groups is 1. The van der Waals surface area contributed by atoms with Crippen LogP contribution < -0.4 is 26.6 Å². The molecule has 2 amide bonds. The van der Waals surface area contributed by atoms with Crippen molar-refractivity contribution in [2.75, 3.05) is 10.3 Å². The van der Waals surface area contributed by atoms with Crippen LogP contribution in [0, 0.1) is 5.41 Å². The van der Waals surface area contributed by atoms with E-state index in [1.165, 1.54) is 6.07 Å². The second-order valence-corrected chi connectivity index (χ2v) is 9.75. The zero-order valence-corrected chi connectivity index (χ0v) is 20.6. The van der Waals surface area contributed by atoms with Crippen LogP contribution in [0.2, 0.25) is 0 Å². The molecule has 9 nitrogen and oxygen atoms in total. The Morgan fingerprint density at radius 1 is 0.865 bits per heavy atom. The van der Waals surface area contributed by atoms with Crippen LogP contribution in [0.1, 0.15) is 11.1 Å². The Bertz CT molecular complexity index is 1520. The van der Waals surface area contributed by atoms with E-state index in [2.05, 4.69) is 10.7 Å². The minimum atomic E-state index is -3.89. The molecule has 0 saturated heterocycles. The van der Waals surface area contributed by atoms with Crippen LogP contribution in [-0.2, 0) is 16.6 Å². The van der Waals surface area contributed by atoms with Gasteiger partial charge < -0.3 is 11.1 Å². The maximum absolute atomic E-state index is 12.9. The van der Waals surface area contributed by atoms with Gasteiger partial charge in [0.25, 0.3) is 0 Å². The maximum atomic E-state index is 12.9. The Morgan fingerprint density at radius 2 is 1.54 bits per heavy atom. The molecule has 4 rings (SSSR count). The Kier molecular flexibility index (Phi) is 7.52. The molecule has 0 spiro atoms. The first-order valence-electron chi connectivity index (χ1n) is 11.3. The summed E-state index contributed by atoms with van der Waals surface area (Å²) < 4.78 is 23.9. The molecule has 0 saturated carbocycles. The smallest absolute Gasteiger partial charge is 0.338 e. The number of carbonyl (C=O) groups is 1. The van der Waals surface area contributed by atoms with Crippen LogP contribution in [0.15, 0.2) is 108 Å². The molecule has 188 valence electrons. The second kappa shape index (κ2) is 10.9. The molecule has 0 fully saturated rings. The molecule has 0 unspecified atom stereocenters. The molecule has 0 aliphatic heterocycles. The predicted octanol–water partition coefficient (Wildman–Crippen LogP) is 4.03. The molecule has 10 heteroatoms. The van der Waals surface area contributed by atoms with Crippen molar-refractivity contribution < 1.29 is 13.2 Å². The summed E-state index contributed by atoms with van der Waals surface area (Å²) >= 11 is 0. The lowest BCUT2D eigenvalue weighted by molar-refractivity contribution is 0.251. The van der Waals surface area contributed by atoms with Crippen molar-refractivity contribution in [2.45, 2.75) is 11.4 Å². The number of anilines is 2. The summed E-state index contributed by atoms with van der Waals surface area (Å²) in [5, 5.41) is 17.5. The number of rotatable bonds is 8. The summed E-state index contributed by atoms with van der Waals surface area (Å²) in [6, 6.07) is 29.4. The second-order valence-electron chi connectivity index (χ2n) is 8.22. The normalized spacial score (nSPS) is 10.9. The number of hydrazine groups is 1. The molecule has 0 atom stereocenters. The molecular formula is C27H26N6O3S. The minimum Gasteiger partial charge on any atom is -0.384 e. The SMILES string of the molecule is N=C(N)c1cccc(N(Cc2ccccc2)NC(=O)Nc2ccc(-c3ccccc3S(N)(=O)=O)cc2)c1. The van der Waals surface area contributed by atoms with Crippen molar-refractivity contribution in [1.82, 2.24) is 5.43 Å². The van der Waals surface area contributed by atoms with E-state index in [-0.39, 0.29) is 10.7 Å². The highest BCUT2D eigenvalue weighted by atomic mass is 32.2. The molecule has 0 aromatic heterocycles. The average Bonchev–Trinajstić information content (AvgIpc) is 2.89. The third kappa shape index (κ3) is 6.51. The summed E-state index contributed by atoms with van der Waals surface area (Å²) in [6.07, 6.45) is 0. The van der Waals surface area contributed by atoms with E-state index in [9.17, 15) is 13.2 Å². The zero-order valence-electron chi connectivity index (χ0n) is 19.8. The van der Waals surface area contributed by atoms with Crippen LogP contribution in [0.25, 0.3) is 11.1 Å². The van der Waals surface area contributed by atoms with Gasteiger partial charge in [0.15, 0.2) is 0 Å². The Hall–Kier alpha value is -4.67. The van der Waals surface area contributed by atoms with Crippen LogP contribution in [0.5, 0.6) is 0 Å². The van der Waals surface area contributed by atoms with Crippen LogP contribution in [-0.4, -0.2) is 20.3 Å². The van der Waals surface area contributed by atoms with Gasteiger partial charge in [0.2, 0.25) is 10.0 Å². The number of nitrogens with two attached hydrogens (primary N) is 2. The van der Waals surface area contributed by atoms with E-state index < -0.39 is 16.1 Å². The van der Waals surface area contributed by atoms with Crippen molar-refractivity contribution >= 4 is 33.3 Å². The van der Waals surface area contributed by atoms with E-state index in [0.717, 1.165) is 5.56 Å². The highest BCUT2D eigenvalue weighted by Gasteiger charge is 2.16. The first-order chi connectivity index (χ1) is 17.7. The molecule has 0 heterocycles. The number of hydrogen-bond acceptors (Lipinski definition) is 5. The largest absolute Gasteiger partial charge is 0.384 e. The molecule has 37 heavy (non-hydrogen) atoms. The fourth-order valence-corrected chi connectivity index (χ4v) is 4.53. The monoisotopic (exact) mass is 514 g/mol. The molecule has 7 N–H and O–H groups in total. The summed E-state index contributed by atoms with van der Waals surface area (Å²) in [5.74, 6) is -0.0740. The van der Waals surface area contributed by atoms with Crippen LogP contribution in [0.3, 0.4) is 0 Å². The number of sulfonamides is 1. The van der Waals surface area contributed by atoms with Gasteiger partial charge in [-0.1, -0.05) is 72.8 Å². The summed E-state index contributed by atoms with van der Waals surface area (Å²) in [6.45, 7) is 0.374. The number of nitrogens with zero attached hydrogens (tertiary/aromatic N) is 1. The lowest BCUT2D eigenvalue weighted by Crippen LogP contribution is -2.44. The van der Waals surface area contributed by atoms with E-state index in [1.807, 2.05) is 36.4 Å². The first kappa shape index (κ1) is 25.4. The molecule has 4 aromatic rings. The number of nitrogen functional groups attached to an aromatic ring is 1. The first-order valence-corrected chi connectivity index (χ1v) is 12.8.